The molecule has 0 saturated carbocycles. The van der Waals surface area contributed by atoms with E-state index in [9.17, 15) is 21.6 Å². The minimum atomic E-state index is -3.87. The summed E-state index contributed by atoms with van der Waals surface area (Å²) < 4.78 is 58.6. The van der Waals surface area contributed by atoms with Gasteiger partial charge in [0.2, 0.25) is 20.0 Å². The van der Waals surface area contributed by atoms with Crippen molar-refractivity contribution in [2.24, 2.45) is 7.05 Å². The molecule has 1 aromatic heterocycles. The van der Waals surface area contributed by atoms with E-state index in [0.29, 0.717) is 24.9 Å². The van der Waals surface area contributed by atoms with Gasteiger partial charge in [-0.25, -0.2) is 30.7 Å². The van der Waals surface area contributed by atoms with Crippen LogP contribution in [-0.4, -0.2) is 51.1 Å². The molecule has 1 aliphatic heterocycles. The minimum absolute atomic E-state index is 0.0363. The number of nitrogens with zero attached hydrogens (tertiary/aromatic N) is 2. The molecule has 0 radical (unpaired) electrons. The summed E-state index contributed by atoms with van der Waals surface area (Å²) in [6.07, 6.45) is 2.23. The van der Waals surface area contributed by atoms with Crippen LogP contribution in [0.4, 0.5) is 0 Å². The number of aromatic nitrogens is 1. The Balaban J connectivity index is 1.85. The lowest BCUT2D eigenvalue weighted by Gasteiger charge is -2.31. The van der Waals surface area contributed by atoms with E-state index in [1.54, 1.807) is 0 Å². The molecule has 0 aliphatic carbocycles. The topological polar surface area (TPSA) is 119 Å². The van der Waals surface area contributed by atoms with Crippen LogP contribution in [0.25, 0.3) is 11.1 Å². The third kappa shape index (κ3) is 3.64. The molecule has 2 aromatic rings. The molecule has 1 fully saturated rings. The Labute approximate surface area is 145 Å². The number of hydrogen-bond donors (Lipinski definition) is 1. The van der Waals surface area contributed by atoms with Crippen molar-refractivity contribution in [3.63, 3.8) is 0 Å². The van der Waals surface area contributed by atoms with Gasteiger partial charge in [0.15, 0.2) is 5.58 Å². The molecule has 1 saturated heterocycles. The number of sulfonamides is 2. The number of nitrogens with one attached hydrogen (secondary N) is 1. The average Bonchev–Trinajstić information content (AvgIpc) is 2.80. The van der Waals surface area contributed by atoms with Crippen LogP contribution in [0.1, 0.15) is 12.8 Å². The molecule has 0 bridgehead atoms. The summed E-state index contributed by atoms with van der Waals surface area (Å²) >= 11 is 0. The van der Waals surface area contributed by atoms with E-state index in [-0.39, 0.29) is 17.0 Å². The van der Waals surface area contributed by atoms with Crippen LogP contribution >= 0.6 is 0 Å². The van der Waals surface area contributed by atoms with Gasteiger partial charge in [0.1, 0.15) is 0 Å². The molecule has 0 spiro atoms. The average molecular weight is 389 g/mol. The number of aryl methyl sites for hydroxylation is 1. The molecular weight excluding hydrogens is 370 g/mol. The Morgan fingerprint density at radius 3 is 2.64 bits per heavy atom. The molecule has 0 amide bonds. The van der Waals surface area contributed by atoms with Crippen molar-refractivity contribution in [1.29, 1.82) is 0 Å². The van der Waals surface area contributed by atoms with Gasteiger partial charge in [-0.2, -0.15) is 0 Å². The van der Waals surface area contributed by atoms with E-state index >= 15 is 0 Å². The second-order valence-electron chi connectivity index (χ2n) is 6.14. The van der Waals surface area contributed by atoms with E-state index in [4.69, 9.17) is 4.42 Å². The van der Waals surface area contributed by atoms with Crippen LogP contribution in [0, 0.1) is 0 Å². The standard InChI is InChI=1S/C14H19N3O6S2/c1-16-12-6-5-11(8-13(12)23-14(16)18)25(21,22)15-10-4-3-7-17(9-10)24(2,19)20/h5-6,8,10,15H,3-4,7,9H2,1-2H3. The summed E-state index contributed by atoms with van der Waals surface area (Å²) in [5.74, 6) is -0.575. The Kier molecular flexibility index (Phi) is 4.52. The lowest BCUT2D eigenvalue weighted by molar-refractivity contribution is 0.305. The van der Waals surface area contributed by atoms with Gasteiger partial charge in [0.05, 0.1) is 16.7 Å². The number of hydrogen-bond acceptors (Lipinski definition) is 6. The maximum atomic E-state index is 12.6. The fraction of sp³-hybridized carbons (Fsp3) is 0.500. The second kappa shape index (κ2) is 6.24. The largest absolute Gasteiger partial charge is 0.419 e. The number of piperidine rings is 1. The van der Waals surface area contributed by atoms with Gasteiger partial charge in [-0.15, -0.1) is 0 Å². The van der Waals surface area contributed by atoms with Gasteiger partial charge >= 0.3 is 5.76 Å². The molecule has 1 N–H and O–H groups in total. The Hall–Kier alpha value is -1.69. The number of oxazole rings is 1. The molecule has 2 heterocycles. The number of benzene rings is 1. The molecular formula is C14H19N3O6S2. The van der Waals surface area contributed by atoms with Crippen molar-refractivity contribution >= 4 is 31.1 Å². The van der Waals surface area contributed by atoms with Crippen molar-refractivity contribution in [2.75, 3.05) is 19.3 Å². The van der Waals surface area contributed by atoms with Crippen LogP contribution in [0.2, 0.25) is 0 Å². The summed E-state index contributed by atoms with van der Waals surface area (Å²) in [4.78, 5) is 11.5. The number of fused-ring (bicyclic) bond motifs is 1. The van der Waals surface area contributed by atoms with Gasteiger partial charge < -0.3 is 4.42 Å². The summed E-state index contributed by atoms with van der Waals surface area (Å²) in [7, 11) is -5.70. The molecule has 3 rings (SSSR count). The summed E-state index contributed by atoms with van der Waals surface area (Å²) in [6, 6.07) is 3.66. The maximum Gasteiger partial charge on any atom is 0.419 e. The van der Waals surface area contributed by atoms with Gasteiger partial charge in [-0.1, -0.05) is 0 Å². The first-order chi connectivity index (χ1) is 11.6. The molecule has 25 heavy (non-hydrogen) atoms. The van der Waals surface area contributed by atoms with Crippen LogP contribution < -0.4 is 10.5 Å². The molecule has 1 aromatic carbocycles. The zero-order valence-corrected chi connectivity index (χ0v) is 15.4. The fourth-order valence-electron chi connectivity index (χ4n) is 2.91. The fourth-order valence-corrected chi connectivity index (χ4v) is 5.10. The predicted octanol–water partition coefficient (Wildman–Crippen LogP) is -0.166. The Bertz CT molecular complexity index is 1070. The highest BCUT2D eigenvalue weighted by Gasteiger charge is 2.29. The van der Waals surface area contributed by atoms with E-state index in [1.165, 1.54) is 34.1 Å². The third-order valence-electron chi connectivity index (χ3n) is 4.25. The molecule has 1 atom stereocenters. The first kappa shape index (κ1) is 18.1. The predicted molar refractivity (Wildman–Crippen MR) is 91.2 cm³/mol. The van der Waals surface area contributed by atoms with E-state index in [0.717, 1.165) is 6.26 Å². The lowest BCUT2D eigenvalue weighted by Crippen LogP contribution is -2.49. The van der Waals surface area contributed by atoms with E-state index in [2.05, 4.69) is 4.72 Å². The highest BCUT2D eigenvalue weighted by molar-refractivity contribution is 7.89. The van der Waals surface area contributed by atoms with Crippen molar-refractivity contribution in [3.8, 4) is 0 Å². The normalized spacial score (nSPS) is 20.2. The smallest absolute Gasteiger partial charge is 0.408 e. The first-order valence-corrected chi connectivity index (χ1v) is 11.0. The molecule has 1 aliphatic rings. The molecule has 138 valence electrons. The zero-order valence-electron chi connectivity index (χ0n) is 13.8. The highest BCUT2D eigenvalue weighted by Crippen LogP contribution is 2.20. The second-order valence-corrected chi connectivity index (χ2v) is 9.83. The number of rotatable bonds is 4. The molecule has 11 heteroatoms. The maximum absolute atomic E-state index is 12.6. The van der Waals surface area contributed by atoms with Gasteiger partial charge in [0.25, 0.3) is 0 Å². The summed E-state index contributed by atoms with van der Waals surface area (Å²) in [5.41, 5.74) is 0.668. The van der Waals surface area contributed by atoms with Crippen molar-refractivity contribution in [3.05, 3.63) is 28.7 Å². The zero-order chi connectivity index (χ0) is 18.4. The van der Waals surface area contributed by atoms with Gasteiger partial charge in [-0.3, -0.25) is 4.57 Å². The monoisotopic (exact) mass is 389 g/mol. The van der Waals surface area contributed by atoms with Crippen LogP contribution in [0.3, 0.4) is 0 Å². The van der Waals surface area contributed by atoms with Gasteiger partial charge in [0, 0.05) is 32.2 Å². The summed E-state index contributed by atoms with van der Waals surface area (Å²) in [6.45, 7) is 0.485. The molecule has 1 unspecified atom stereocenters. The first-order valence-electron chi connectivity index (χ1n) is 7.65. The summed E-state index contributed by atoms with van der Waals surface area (Å²) in [5, 5.41) is 0. The van der Waals surface area contributed by atoms with Crippen LogP contribution in [0.5, 0.6) is 0 Å². The van der Waals surface area contributed by atoms with Gasteiger partial charge in [-0.05, 0) is 25.0 Å². The van der Waals surface area contributed by atoms with Crippen LogP contribution in [-0.2, 0) is 27.1 Å². The highest BCUT2D eigenvalue weighted by atomic mass is 32.2. The van der Waals surface area contributed by atoms with Crippen molar-refractivity contribution < 1.29 is 21.3 Å². The van der Waals surface area contributed by atoms with E-state index < -0.39 is 31.8 Å². The minimum Gasteiger partial charge on any atom is -0.408 e. The molecule has 9 nitrogen and oxygen atoms in total. The third-order valence-corrected chi connectivity index (χ3v) is 7.04. The lowest BCUT2D eigenvalue weighted by atomic mass is 10.1. The Morgan fingerprint density at radius 1 is 1.24 bits per heavy atom. The SMILES string of the molecule is Cn1c(=O)oc2cc(S(=O)(=O)NC3CCCN(S(C)(=O)=O)C3)ccc21. The van der Waals surface area contributed by atoms with Crippen molar-refractivity contribution in [1.82, 2.24) is 13.6 Å². The van der Waals surface area contributed by atoms with E-state index in [1.807, 2.05) is 0 Å². The quantitative estimate of drug-likeness (QED) is 0.776. The van der Waals surface area contributed by atoms with Crippen LogP contribution in [0.15, 0.2) is 32.3 Å². The Morgan fingerprint density at radius 2 is 1.96 bits per heavy atom. The van der Waals surface area contributed by atoms with Crippen molar-refractivity contribution in [2.45, 2.75) is 23.8 Å².